The van der Waals surface area contributed by atoms with Gasteiger partial charge in [0.1, 0.15) is 0 Å². The first-order valence-corrected chi connectivity index (χ1v) is 12.2. The van der Waals surface area contributed by atoms with Gasteiger partial charge < -0.3 is 9.80 Å². The SMILES string of the molecule is CCN1CCC2(CN(C(C)=O)CC23CCN(S(=O)(=O)c2ccc(C)cc2)CC3)C1=O. The molecule has 1 aromatic rings. The van der Waals surface area contributed by atoms with E-state index in [0.29, 0.717) is 57.0 Å². The number of piperidine rings is 1. The van der Waals surface area contributed by atoms with Gasteiger partial charge in [-0.15, -0.1) is 0 Å². The van der Waals surface area contributed by atoms with Gasteiger partial charge in [0, 0.05) is 51.6 Å². The molecule has 0 saturated carbocycles. The van der Waals surface area contributed by atoms with Crippen molar-refractivity contribution >= 4 is 21.8 Å². The van der Waals surface area contributed by atoms with Crippen LogP contribution >= 0.6 is 0 Å². The van der Waals surface area contributed by atoms with Gasteiger partial charge in [0.25, 0.3) is 0 Å². The number of nitrogens with zero attached hydrogens (tertiary/aromatic N) is 3. The molecule has 3 heterocycles. The molecule has 164 valence electrons. The number of benzene rings is 1. The number of aryl methyl sites for hydroxylation is 1. The highest BCUT2D eigenvalue weighted by molar-refractivity contribution is 7.89. The number of amides is 2. The van der Waals surface area contributed by atoms with E-state index < -0.39 is 15.4 Å². The number of hydrogen-bond donors (Lipinski definition) is 0. The molecule has 3 aliphatic rings. The lowest BCUT2D eigenvalue weighted by Gasteiger charge is -2.46. The van der Waals surface area contributed by atoms with Crippen molar-refractivity contribution in [3.8, 4) is 0 Å². The smallest absolute Gasteiger partial charge is 0.243 e. The van der Waals surface area contributed by atoms with Crippen LogP contribution in [0.1, 0.15) is 38.7 Å². The third-order valence-electron chi connectivity index (χ3n) is 7.64. The van der Waals surface area contributed by atoms with Crippen LogP contribution < -0.4 is 0 Å². The van der Waals surface area contributed by atoms with E-state index in [2.05, 4.69) is 0 Å². The van der Waals surface area contributed by atoms with Crippen LogP contribution in [0.2, 0.25) is 0 Å². The molecule has 4 rings (SSSR count). The Labute approximate surface area is 179 Å². The molecule has 3 saturated heterocycles. The average Bonchev–Trinajstić information content (AvgIpc) is 3.21. The molecule has 8 heteroatoms. The number of fused-ring (bicyclic) bond motifs is 1. The standard InChI is InChI=1S/C22H31N3O4S/c1-4-23-12-11-22(20(23)27)16-24(18(3)26)15-21(22)9-13-25(14-10-21)30(28,29)19-7-5-17(2)6-8-19/h5-8H,4,9-16H2,1-3H3. The van der Waals surface area contributed by atoms with E-state index in [9.17, 15) is 18.0 Å². The summed E-state index contributed by atoms with van der Waals surface area (Å²) in [5.74, 6) is 0.132. The fraction of sp³-hybridized carbons (Fsp3) is 0.636. The van der Waals surface area contributed by atoms with Crippen LogP contribution in [0.5, 0.6) is 0 Å². The number of sulfonamides is 1. The Morgan fingerprint density at radius 2 is 1.67 bits per heavy atom. The molecule has 0 aliphatic carbocycles. The van der Waals surface area contributed by atoms with Crippen molar-refractivity contribution in [1.29, 1.82) is 0 Å². The van der Waals surface area contributed by atoms with Crippen LogP contribution in [-0.4, -0.2) is 73.6 Å². The van der Waals surface area contributed by atoms with Gasteiger partial charge in [-0.25, -0.2) is 8.42 Å². The van der Waals surface area contributed by atoms with Crippen LogP contribution in [0.3, 0.4) is 0 Å². The van der Waals surface area contributed by atoms with Crippen molar-refractivity contribution in [2.24, 2.45) is 10.8 Å². The zero-order chi connectivity index (χ0) is 21.7. The molecule has 0 bridgehead atoms. The number of rotatable bonds is 3. The minimum absolute atomic E-state index is 0.0105. The maximum atomic E-state index is 13.4. The van der Waals surface area contributed by atoms with Gasteiger partial charge in [-0.1, -0.05) is 17.7 Å². The van der Waals surface area contributed by atoms with Gasteiger partial charge in [-0.05, 0) is 45.2 Å². The first-order chi connectivity index (χ1) is 14.1. The molecule has 1 aromatic carbocycles. The number of carbonyl (C=O) groups excluding carboxylic acids is 2. The summed E-state index contributed by atoms with van der Waals surface area (Å²) < 4.78 is 27.8. The fourth-order valence-electron chi connectivity index (χ4n) is 5.72. The Hall–Kier alpha value is -1.93. The number of carbonyl (C=O) groups is 2. The summed E-state index contributed by atoms with van der Waals surface area (Å²) in [5, 5.41) is 0. The highest BCUT2D eigenvalue weighted by atomic mass is 32.2. The minimum atomic E-state index is -3.56. The van der Waals surface area contributed by atoms with E-state index in [-0.39, 0.29) is 17.2 Å². The molecule has 30 heavy (non-hydrogen) atoms. The first-order valence-electron chi connectivity index (χ1n) is 10.8. The Morgan fingerprint density at radius 1 is 1.03 bits per heavy atom. The third-order valence-corrected chi connectivity index (χ3v) is 9.55. The fourth-order valence-corrected chi connectivity index (χ4v) is 7.16. The van der Waals surface area contributed by atoms with E-state index in [1.807, 2.05) is 30.9 Å². The van der Waals surface area contributed by atoms with Gasteiger partial charge in [0.2, 0.25) is 21.8 Å². The van der Waals surface area contributed by atoms with Crippen LogP contribution in [0.15, 0.2) is 29.2 Å². The zero-order valence-electron chi connectivity index (χ0n) is 18.1. The largest absolute Gasteiger partial charge is 0.342 e. The summed E-state index contributed by atoms with van der Waals surface area (Å²) in [4.78, 5) is 29.6. The number of hydrogen-bond acceptors (Lipinski definition) is 4. The van der Waals surface area contributed by atoms with Crippen molar-refractivity contribution < 1.29 is 18.0 Å². The van der Waals surface area contributed by atoms with Crippen molar-refractivity contribution in [3.05, 3.63) is 29.8 Å². The molecule has 0 radical (unpaired) electrons. The Morgan fingerprint density at radius 3 is 2.20 bits per heavy atom. The summed E-state index contributed by atoms with van der Waals surface area (Å²) in [5.41, 5.74) is 0.0943. The normalized spacial score (nSPS) is 26.8. The highest BCUT2D eigenvalue weighted by Gasteiger charge is 2.65. The lowest BCUT2D eigenvalue weighted by Crippen LogP contribution is -2.53. The summed E-state index contributed by atoms with van der Waals surface area (Å²) >= 11 is 0. The predicted molar refractivity (Wildman–Crippen MR) is 113 cm³/mol. The maximum absolute atomic E-state index is 13.4. The second-order valence-corrected chi connectivity index (χ2v) is 11.0. The molecular weight excluding hydrogens is 402 g/mol. The molecule has 7 nitrogen and oxygen atoms in total. The van der Waals surface area contributed by atoms with E-state index in [0.717, 1.165) is 12.0 Å². The van der Waals surface area contributed by atoms with E-state index in [1.54, 1.807) is 28.3 Å². The molecule has 0 N–H and O–H groups in total. The monoisotopic (exact) mass is 433 g/mol. The van der Waals surface area contributed by atoms with Gasteiger partial charge in [-0.3, -0.25) is 9.59 Å². The topological polar surface area (TPSA) is 78.0 Å². The van der Waals surface area contributed by atoms with Crippen molar-refractivity contribution in [2.45, 2.75) is 44.9 Å². The Kier molecular flexibility index (Phi) is 5.21. The number of likely N-dealkylation sites (tertiary alicyclic amines) is 2. The maximum Gasteiger partial charge on any atom is 0.243 e. The lowest BCUT2D eigenvalue weighted by atomic mass is 9.60. The van der Waals surface area contributed by atoms with Crippen molar-refractivity contribution in [2.75, 3.05) is 39.3 Å². The van der Waals surface area contributed by atoms with Gasteiger partial charge in [0.15, 0.2) is 0 Å². The minimum Gasteiger partial charge on any atom is -0.342 e. The molecule has 2 spiro atoms. The molecule has 0 aromatic heterocycles. The zero-order valence-corrected chi connectivity index (χ0v) is 18.9. The summed E-state index contributed by atoms with van der Waals surface area (Å²) in [7, 11) is -3.56. The Balaban J connectivity index is 1.60. The highest BCUT2D eigenvalue weighted by Crippen LogP contribution is 2.58. The van der Waals surface area contributed by atoms with Gasteiger partial charge >= 0.3 is 0 Å². The summed E-state index contributed by atoms with van der Waals surface area (Å²) in [6.45, 7) is 8.62. The Bertz CT molecular complexity index is 951. The van der Waals surface area contributed by atoms with Crippen molar-refractivity contribution in [1.82, 2.24) is 14.1 Å². The second-order valence-electron chi connectivity index (χ2n) is 9.09. The van der Waals surface area contributed by atoms with Crippen LogP contribution in [0.25, 0.3) is 0 Å². The van der Waals surface area contributed by atoms with Crippen LogP contribution in [0, 0.1) is 17.8 Å². The molecule has 1 atom stereocenters. The van der Waals surface area contributed by atoms with Gasteiger partial charge in [-0.2, -0.15) is 4.31 Å². The van der Waals surface area contributed by atoms with Crippen LogP contribution in [-0.2, 0) is 19.6 Å². The lowest BCUT2D eigenvalue weighted by molar-refractivity contribution is -0.141. The van der Waals surface area contributed by atoms with E-state index in [4.69, 9.17) is 0 Å². The predicted octanol–water partition coefficient (Wildman–Crippen LogP) is 1.87. The molecule has 3 aliphatic heterocycles. The second kappa shape index (κ2) is 7.34. The molecular formula is C22H31N3O4S. The first kappa shape index (κ1) is 21.3. The van der Waals surface area contributed by atoms with Gasteiger partial charge in [0.05, 0.1) is 10.3 Å². The van der Waals surface area contributed by atoms with Crippen molar-refractivity contribution in [3.63, 3.8) is 0 Å². The van der Waals surface area contributed by atoms with Crippen LogP contribution in [0.4, 0.5) is 0 Å². The molecule has 2 amide bonds. The molecule has 3 fully saturated rings. The molecule has 1 unspecified atom stereocenters. The summed E-state index contributed by atoms with van der Waals surface area (Å²) in [6.07, 6.45) is 1.95. The third kappa shape index (κ3) is 3.07. The van der Waals surface area contributed by atoms with E-state index in [1.165, 1.54) is 0 Å². The quantitative estimate of drug-likeness (QED) is 0.729. The van der Waals surface area contributed by atoms with E-state index >= 15 is 0 Å². The average molecular weight is 434 g/mol. The summed E-state index contributed by atoms with van der Waals surface area (Å²) in [6, 6.07) is 6.93.